The third kappa shape index (κ3) is 7.56. The Bertz CT molecular complexity index is 911. The van der Waals surface area contributed by atoms with Crippen LogP contribution in [0.25, 0.3) is 0 Å². The summed E-state index contributed by atoms with van der Waals surface area (Å²) in [6.07, 6.45) is 1.56. The van der Waals surface area contributed by atoms with Crippen LogP contribution in [0.3, 0.4) is 0 Å². The first-order valence-corrected chi connectivity index (χ1v) is 10.5. The number of nitrogens with zero attached hydrogens (tertiary/aromatic N) is 2. The second-order valence-corrected chi connectivity index (χ2v) is 8.24. The number of hydrogen-bond donors (Lipinski definition) is 3. The fourth-order valence-electron chi connectivity index (χ4n) is 3.33. The van der Waals surface area contributed by atoms with Crippen molar-refractivity contribution in [3.05, 3.63) is 59.3 Å². The van der Waals surface area contributed by atoms with Gasteiger partial charge in [0.25, 0.3) is 0 Å². The van der Waals surface area contributed by atoms with E-state index in [2.05, 4.69) is 15.6 Å². The van der Waals surface area contributed by atoms with E-state index in [0.717, 1.165) is 17.7 Å². The summed E-state index contributed by atoms with van der Waals surface area (Å²) in [7, 11) is 0. The maximum atomic E-state index is 13.7. The molecule has 2 rings (SSSR count). The van der Waals surface area contributed by atoms with Crippen molar-refractivity contribution >= 4 is 17.6 Å². The first-order valence-electron chi connectivity index (χ1n) is 10.5. The number of pyridine rings is 1. The van der Waals surface area contributed by atoms with E-state index in [-0.39, 0.29) is 37.5 Å². The summed E-state index contributed by atoms with van der Waals surface area (Å²) in [5, 5.41) is 5.49. The summed E-state index contributed by atoms with van der Waals surface area (Å²) in [5.74, 6) is -2.39. The molecule has 0 radical (unpaired) electrons. The van der Waals surface area contributed by atoms with Gasteiger partial charge >= 0.3 is 0 Å². The highest BCUT2D eigenvalue weighted by atomic mass is 19.2. The Hall–Kier alpha value is -3.07. The van der Waals surface area contributed by atoms with Crippen LogP contribution in [-0.2, 0) is 22.6 Å². The third-order valence-corrected chi connectivity index (χ3v) is 5.04. The lowest BCUT2D eigenvalue weighted by molar-refractivity contribution is -0.130. The van der Waals surface area contributed by atoms with Crippen LogP contribution in [0.1, 0.15) is 38.8 Å². The number of amides is 2. The molecule has 1 unspecified atom stereocenters. The SMILES string of the molecule is CC(C)N(CC(=O)NC(Cc1ccc(F)c(F)c1)C(=O)NCc1ccc(N)nc1)C(C)C. The van der Waals surface area contributed by atoms with Crippen molar-refractivity contribution in [2.45, 2.75) is 58.8 Å². The highest BCUT2D eigenvalue weighted by molar-refractivity contribution is 5.88. The second-order valence-electron chi connectivity index (χ2n) is 8.24. The lowest BCUT2D eigenvalue weighted by atomic mass is 10.0. The van der Waals surface area contributed by atoms with Crippen LogP contribution in [0.5, 0.6) is 0 Å². The van der Waals surface area contributed by atoms with Crippen molar-refractivity contribution in [3.8, 4) is 0 Å². The molecule has 0 aliphatic heterocycles. The molecule has 1 heterocycles. The van der Waals surface area contributed by atoms with Gasteiger partial charge < -0.3 is 16.4 Å². The Balaban J connectivity index is 2.13. The van der Waals surface area contributed by atoms with Gasteiger partial charge in [0.2, 0.25) is 11.8 Å². The lowest BCUT2D eigenvalue weighted by Crippen LogP contribution is -2.52. The zero-order chi connectivity index (χ0) is 23.8. The first-order chi connectivity index (χ1) is 15.1. The van der Waals surface area contributed by atoms with Gasteiger partial charge in [-0.1, -0.05) is 12.1 Å². The largest absolute Gasteiger partial charge is 0.384 e. The molecule has 0 spiro atoms. The van der Waals surface area contributed by atoms with Crippen molar-refractivity contribution in [2.75, 3.05) is 12.3 Å². The molecule has 2 amide bonds. The average Bonchev–Trinajstić information content (AvgIpc) is 2.73. The van der Waals surface area contributed by atoms with E-state index in [1.54, 1.807) is 18.3 Å². The van der Waals surface area contributed by atoms with Crippen LogP contribution in [0.4, 0.5) is 14.6 Å². The number of aromatic nitrogens is 1. The number of carbonyl (C=O) groups is 2. The summed E-state index contributed by atoms with van der Waals surface area (Å²) in [5.41, 5.74) is 6.69. The molecule has 4 N–H and O–H groups in total. The van der Waals surface area contributed by atoms with Crippen molar-refractivity contribution in [3.63, 3.8) is 0 Å². The molecule has 1 aromatic heterocycles. The molecule has 1 atom stereocenters. The molecule has 0 aliphatic rings. The minimum absolute atomic E-state index is 0.0120. The van der Waals surface area contributed by atoms with E-state index in [1.165, 1.54) is 6.07 Å². The fraction of sp³-hybridized carbons (Fsp3) is 0.435. The van der Waals surface area contributed by atoms with Crippen LogP contribution in [0.2, 0.25) is 0 Å². The molecule has 7 nitrogen and oxygen atoms in total. The predicted octanol–water partition coefficient (Wildman–Crippen LogP) is 2.40. The molecule has 32 heavy (non-hydrogen) atoms. The van der Waals surface area contributed by atoms with Gasteiger partial charge in [-0.3, -0.25) is 14.5 Å². The molecule has 2 aromatic rings. The summed E-state index contributed by atoms with van der Waals surface area (Å²) in [6, 6.07) is 6.08. The number of nitrogens with two attached hydrogens (primary N) is 1. The second kappa shape index (κ2) is 11.5. The van der Waals surface area contributed by atoms with Crippen LogP contribution >= 0.6 is 0 Å². The Morgan fingerprint density at radius 1 is 1.03 bits per heavy atom. The normalized spacial score (nSPS) is 12.3. The molecule has 0 saturated heterocycles. The Morgan fingerprint density at radius 3 is 2.25 bits per heavy atom. The number of carbonyl (C=O) groups excluding carboxylic acids is 2. The minimum Gasteiger partial charge on any atom is -0.384 e. The Morgan fingerprint density at radius 2 is 1.69 bits per heavy atom. The van der Waals surface area contributed by atoms with Gasteiger partial charge in [0.15, 0.2) is 11.6 Å². The molecule has 9 heteroatoms. The molecule has 0 bridgehead atoms. The number of halogens is 2. The van der Waals surface area contributed by atoms with E-state index >= 15 is 0 Å². The number of hydrogen-bond acceptors (Lipinski definition) is 5. The maximum absolute atomic E-state index is 13.7. The predicted molar refractivity (Wildman–Crippen MR) is 119 cm³/mol. The summed E-state index contributed by atoms with van der Waals surface area (Å²) < 4.78 is 27.0. The third-order valence-electron chi connectivity index (χ3n) is 5.04. The zero-order valence-electron chi connectivity index (χ0n) is 18.9. The molecule has 0 saturated carbocycles. The molecular weight excluding hydrogens is 416 g/mol. The van der Waals surface area contributed by atoms with E-state index in [1.807, 2.05) is 32.6 Å². The standard InChI is InChI=1S/C23H31F2N5O2/c1-14(2)30(15(3)4)13-22(31)29-20(10-16-5-7-18(24)19(25)9-16)23(32)28-12-17-6-8-21(26)27-11-17/h5-9,11,14-15,20H,10,12-13H2,1-4H3,(H2,26,27)(H,28,32)(H,29,31). The topological polar surface area (TPSA) is 100 Å². The molecule has 0 fully saturated rings. The van der Waals surface area contributed by atoms with Gasteiger partial charge in [-0.25, -0.2) is 13.8 Å². The highest BCUT2D eigenvalue weighted by Crippen LogP contribution is 2.12. The Kier molecular flexibility index (Phi) is 9.07. The van der Waals surface area contributed by atoms with Gasteiger partial charge in [0.05, 0.1) is 6.54 Å². The summed E-state index contributed by atoms with van der Waals surface area (Å²) in [6.45, 7) is 8.23. The minimum atomic E-state index is -1.01. The fourth-order valence-corrected chi connectivity index (χ4v) is 3.33. The van der Waals surface area contributed by atoms with Gasteiger partial charge in [0.1, 0.15) is 11.9 Å². The van der Waals surface area contributed by atoms with Crippen molar-refractivity contribution < 1.29 is 18.4 Å². The zero-order valence-corrected chi connectivity index (χ0v) is 18.9. The van der Waals surface area contributed by atoms with Crippen LogP contribution < -0.4 is 16.4 Å². The van der Waals surface area contributed by atoms with E-state index in [9.17, 15) is 18.4 Å². The van der Waals surface area contributed by atoms with Crippen LogP contribution in [0, 0.1) is 11.6 Å². The van der Waals surface area contributed by atoms with Crippen molar-refractivity contribution in [1.82, 2.24) is 20.5 Å². The van der Waals surface area contributed by atoms with Gasteiger partial charge in [-0.05, 0) is 57.0 Å². The smallest absolute Gasteiger partial charge is 0.243 e. The number of benzene rings is 1. The lowest BCUT2D eigenvalue weighted by Gasteiger charge is -2.30. The number of rotatable bonds is 10. The van der Waals surface area contributed by atoms with Gasteiger partial charge in [-0.2, -0.15) is 0 Å². The van der Waals surface area contributed by atoms with Gasteiger partial charge in [-0.15, -0.1) is 0 Å². The van der Waals surface area contributed by atoms with Crippen LogP contribution in [0.15, 0.2) is 36.5 Å². The average molecular weight is 448 g/mol. The molecule has 1 aromatic carbocycles. The van der Waals surface area contributed by atoms with E-state index in [0.29, 0.717) is 11.4 Å². The van der Waals surface area contributed by atoms with Gasteiger partial charge in [0, 0.05) is 31.2 Å². The highest BCUT2D eigenvalue weighted by Gasteiger charge is 2.24. The molecule has 174 valence electrons. The van der Waals surface area contributed by atoms with Crippen molar-refractivity contribution in [2.24, 2.45) is 0 Å². The Labute approximate surface area is 187 Å². The van der Waals surface area contributed by atoms with Crippen LogP contribution in [-0.4, -0.2) is 46.4 Å². The van der Waals surface area contributed by atoms with Crippen molar-refractivity contribution in [1.29, 1.82) is 0 Å². The number of nitrogens with one attached hydrogen (secondary N) is 2. The molecular formula is C23H31F2N5O2. The summed E-state index contributed by atoms with van der Waals surface area (Å²) >= 11 is 0. The number of nitrogen functional groups attached to an aromatic ring is 1. The molecule has 0 aliphatic carbocycles. The number of anilines is 1. The maximum Gasteiger partial charge on any atom is 0.243 e. The summed E-state index contributed by atoms with van der Waals surface area (Å²) in [4.78, 5) is 31.5. The quantitative estimate of drug-likeness (QED) is 0.519. The van der Waals surface area contributed by atoms with E-state index in [4.69, 9.17) is 5.73 Å². The monoisotopic (exact) mass is 447 g/mol. The first kappa shape index (κ1) is 25.2. The van der Waals surface area contributed by atoms with E-state index < -0.39 is 23.6 Å².